The molecule has 2 aromatic carbocycles. The molecule has 1 atom stereocenters. The van der Waals surface area contributed by atoms with Gasteiger partial charge in [0.2, 0.25) is 0 Å². The van der Waals surface area contributed by atoms with E-state index in [2.05, 4.69) is 5.32 Å². The van der Waals surface area contributed by atoms with Crippen molar-refractivity contribution in [3.63, 3.8) is 0 Å². The summed E-state index contributed by atoms with van der Waals surface area (Å²) in [4.78, 5) is 23.1. The third-order valence-corrected chi connectivity index (χ3v) is 2.94. The Hall–Kier alpha value is -3.02. The minimum absolute atomic E-state index is 0.0526. The molecule has 0 aromatic heterocycles. The van der Waals surface area contributed by atoms with Crippen LogP contribution in [-0.2, 0) is 16.1 Å². The van der Waals surface area contributed by atoms with Crippen molar-refractivity contribution >= 4 is 12.0 Å². The molecule has 1 unspecified atom stereocenters. The Morgan fingerprint density at radius 2 is 1.86 bits per heavy atom. The molecule has 3 N–H and O–H groups in total. The van der Waals surface area contributed by atoms with Gasteiger partial charge < -0.3 is 15.2 Å². The van der Waals surface area contributed by atoms with E-state index in [1.807, 2.05) is 18.2 Å². The Morgan fingerprint density at radius 1 is 1.14 bits per heavy atom. The average molecular weight is 299 g/mol. The van der Waals surface area contributed by atoms with E-state index < -0.39 is 18.0 Å². The van der Waals surface area contributed by atoms with Gasteiger partial charge in [0, 0.05) is 0 Å². The van der Waals surface area contributed by atoms with Gasteiger partial charge in [0.1, 0.15) is 18.4 Å². The lowest BCUT2D eigenvalue weighted by atomic mass is 10.1. The Balaban J connectivity index is 1.99. The number of nitrogens with one attached hydrogen (secondary N) is 2. The lowest BCUT2D eigenvalue weighted by Crippen LogP contribution is -2.34. The largest absolute Gasteiger partial charge is 0.508 e. The number of rotatable bonds is 5. The molecule has 2 amide bonds. The smallest absolute Gasteiger partial charge is 0.408 e. The molecule has 1 radical (unpaired) electrons. The maximum absolute atomic E-state index is 11.8. The van der Waals surface area contributed by atoms with Crippen molar-refractivity contribution in [2.75, 3.05) is 0 Å². The summed E-state index contributed by atoms with van der Waals surface area (Å²) < 4.78 is 5.01. The number of carbonyl (C=O) groups is 2. The second-order valence-electron chi connectivity index (χ2n) is 4.60. The molecule has 6 nitrogen and oxygen atoms in total. The van der Waals surface area contributed by atoms with Gasteiger partial charge in [0.05, 0.1) is 0 Å². The number of phenolic OH excluding ortho intramolecular Hbond substituents is 1. The summed E-state index contributed by atoms with van der Waals surface area (Å²) in [5.41, 5.74) is 8.37. The fraction of sp³-hybridized carbons (Fsp3) is 0.125. The van der Waals surface area contributed by atoms with Gasteiger partial charge in [0.15, 0.2) is 0 Å². The number of alkyl carbamates (subject to hydrolysis) is 1. The van der Waals surface area contributed by atoms with Gasteiger partial charge in [-0.05, 0) is 23.3 Å². The van der Waals surface area contributed by atoms with Crippen LogP contribution in [0.15, 0.2) is 54.6 Å². The highest BCUT2D eigenvalue weighted by molar-refractivity contribution is 5.85. The molecule has 0 aliphatic heterocycles. The van der Waals surface area contributed by atoms with E-state index in [-0.39, 0.29) is 12.4 Å². The van der Waals surface area contributed by atoms with Crippen molar-refractivity contribution in [1.29, 1.82) is 0 Å². The van der Waals surface area contributed by atoms with Crippen LogP contribution in [0, 0.1) is 0 Å². The van der Waals surface area contributed by atoms with Crippen LogP contribution in [0.25, 0.3) is 0 Å². The summed E-state index contributed by atoms with van der Waals surface area (Å²) in [6.07, 6.45) is -0.808. The van der Waals surface area contributed by atoms with Crippen LogP contribution in [0.4, 0.5) is 4.79 Å². The minimum atomic E-state index is -1.18. The molecule has 0 bridgehead atoms. The third kappa shape index (κ3) is 4.24. The maximum atomic E-state index is 11.8. The molecule has 6 heteroatoms. The zero-order chi connectivity index (χ0) is 15.9. The van der Waals surface area contributed by atoms with Crippen molar-refractivity contribution in [2.45, 2.75) is 12.6 Å². The zero-order valence-electron chi connectivity index (χ0n) is 11.7. The van der Waals surface area contributed by atoms with E-state index in [1.54, 1.807) is 12.1 Å². The maximum Gasteiger partial charge on any atom is 0.408 e. The van der Waals surface area contributed by atoms with Gasteiger partial charge in [0.25, 0.3) is 5.91 Å². The topological polar surface area (TPSA) is 99.4 Å². The van der Waals surface area contributed by atoms with E-state index in [0.29, 0.717) is 5.56 Å². The number of ether oxygens (including phenoxy) is 1. The summed E-state index contributed by atoms with van der Waals surface area (Å²) >= 11 is 0. The van der Waals surface area contributed by atoms with Gasteiger partial charge in [-0.15, -0.1) is 0 Å². The standard InChI is InChI=1S/C16H15N2O4/c17-15(20)14(12-7-4-8-13(19)9-12)18-16(21)22-10-11-5-2-1-3-6-11/h1-9,14,17,19H,10H2,(H,18,21). The van der Waals surface area contributed by atoms with Crippen molar-refractivity contribution < 1.29 is 19.4 Å². The van der Waals surface area contributed by atoms with Gasteiger partial charge in [-0.1, -0.05) is 42.5 Å². The summed E-state index contributed by atoms with van der Waals surface area (Å²) in [7, 11) is 0. The van der Waals surface area contributed by atoms with E-state index in [1.165, 1.54) is 24.3 Å². The SMILES string of the molecule is [NH]C(=O)C(NC(=O)OCc1ccccc1)c1cccc(O)c1. The van der Waals surface area contributed by atoms with Crippen LogP contribution in [-0.4, -0.2) is 17.1 Å². The average Bonchev–Trinajstić information content (AvgIpc) is 2.51. The molecule has 0 saturated heterocycles. The fourth-order valence-corrected chi connectivity index (χ4v) is 1.89. The molecular weight excluding hydrogens is 284 g/mol. The van der Waals surface area contributed by atoms with Gasteiger partial charge >= 0.3 is 6.09 Å². The van der Waals surface area contributed by atoms with Crippen LogP contribution >= 0.6 is 0 Å². The summed E-state index contributed by atoms with van der Waals surface area (Å²) in [5, 5.41) is 11.7. The van der Waals surface area contributed by atoms with Gasteiger partial charge in [-0.2, -0.15) is 0 Å². The number of hydrogen-bond donors (Lipinski definition) is 2. The highest BCUT2D eigenvalue weighted by Crippen LogP contribution is 2.18. The second kappa shape index (κ2) is 7.12. The molecule has 22 heavy (non-hydrogen) atoms. The first-order chi connectivity index (χ1) is 10.6. The minimum Gasteiger partial charge on any atom is -0.508 e. The van der Waals surface area contributed by atoms with Crippen LogP contribution in [0.3, 0.4) is 0 Å². The molecule has 0 fully saturated rings. The summed E-state index contributed by atoms with van der Waals surface area (Å²) in [6.45, 7) is 0.0611. The predicted molar refractivity (Wildman–Crippen MR) is 78.7 cm³/mol. The highest BCUT2D eigenvalue weighted by Gasteiger charge is 2.22. The fourth-order valence-electron chi connectivity index (χ4n) is 1.89. The number of aromatic hydroxyl groups is 1. The normalized spacial score (nSPS) is 11.5. The van der Waals surface area contributed by atoms with Crippen molar-refractivity contribution in [2.24, 2.45) is 0 Å². The molecule has 113 valence electrons. The Morgan fingerprint density at radius 3 is 2.50 bits per heavy atom. The van der Waals surface area contributed by atoms with Crippen molar-refractivity contribution in [3.05, 3.63) is 65.7 Å². The Kier molecular flexibility index (Phi) is 4.98. The molecule has 2 aromatic rings. The molecule has 2 rings (SSSR count). The van der Waals surface area contributed by atoms with E-state index >= 15 is 0 Å². The van der Waals surface area contributed by atoms with Crippen molar-refractivity contribution in [3.8, 4) is 5.75 Å². The third-order valence-electron chi connectivity index (χ3n) is 2.94. The number of hydrogen-bond acceptors (Lipinski definition) is 4. The molecule has 0 heterocycles. The zero-order valence-corrected chi connectivity index (χ0v) is 11.7. The number of benzene rings is 2. The second-order valence-corrected chi connectivity index (χ2v) is 4.60. The Labute approximate surface area is 127 Å². The van der Waals surface area contributed by atoms with Gasteiger partial charge in [-0.3, -0.25) is 10.5 Å². The Bertz CT molecular complexity index is 658. The van der Waals surface area contributed by atoms with Gasteiger partial charge in [-0.25, -0.2) is 4.79 Å². The van der Waals surface area contributed by atoms with Crippen LogP contribution < -0.4 is 11.1 Å². The first-order valence-corrected chi connectivity index (χ1v) is 6.58. The predicted octanol–water partition coefficient (Wildman–Crippen LogP) is 2.17. The number of amides is 2. The monoisotopic (exact) mass is 299 g/mol. The van der Waals surface area contributed by atoms with E-state index in [9.17, 15) is 14.7 Å². The molecule has 0 spiro atoms. The molecule has 0 saturated carbocycles. The lowest BCUT2D eigenvalue weighted by molar-refractivity contribution is -0.120. The first kappa shape index (κ1) is 15.4. The van der Waals surface area contributed by atoms with E-state index in [4.69, 9.17) is 10.5 Å². The van der Waals surface area contributed by atoms with Crippen molar-refractivity contribution in [1.82, 2.24) is 11.1 Å². The highest BCUT2D eigenvalue weighted by atomic mass is 16.5. The quantitative estimate of drug-likeness (QED) is 0.883. The van der Waals surface area contributed by atoms with E-state index in [0.717, 1.165) is 5.56 Å². The summed E-state index contributed by atoms with van der Waals surface area (Å²) in [5.74, 6) is -1.05. The number of carbonyl (C=O) groups excluding carboxylic acids is 2. The lowest BCUT2D eigenvalue weighted by Gasteiger charge is -2.15. The summed E-state index contributed by atoms with van der Waals surface area (Å²) in [6, 6.07) is 13.7. The van der Waals surface area contributed by atoms with Crippen LogP contribution in [0.2, 0.25) is 0 Å². The molecule has 0 aliphatic rings. The van der Waals surface area contributed by atoms with Crippen LogP contribution in [0.5, 0.6) is 5.75 Å². The first-order valence-electron chi connectivity index (χ1n) is 6.58. The molecular formula is C16H15N2O4. The number of phenols is 1. The van der Waals surface area contributed by atoms with Crippen LogP contribution in [0.1, 0.15) is 17.2 Å². The molecule has 0 aliphatic carbocycles.